The van der Waals surface area contributed by atoms with E-state index in [1.807, 2.05) is 18.7 Å². The molecule has 0 aliphatic carbocycles. The summed E-state index contributed by atoms with van der Waals surface area (Å²) in [4.78, 5) is 2.40. The largest absolute Gasteiger partial charge is 0.374 e. The van der Waals surface area contributed by atoms with Gasteiger partial charge in [-0.3, -0.25) is 20.9 Å². The number of ether oxygens (including phenoxy) is 1. The van der Waals surface area contributed by atoms with Gasteiger partial charge in [0.05, 0.1) is 24.4 Å². The number of hydrazine groups is 1. The molecule has 108 valence electrons. The molecular formula is C13H25N5O. The highest BCUT2D eigenvalue weighted by Crippen LogP contribution is 2.13. The fraction of sp³-hybridized carbons (Fsp3) is 0.769. The summed E-state index contributed by atoms with van der Waals surface area (Å²) in [5.41, 5.74) is 5.12. The predicted octanol–water partition coefficient (Wildman–Crippen LogP) is -0.176. The van der Waals surface area contributed by atoms with E-state index in [-0.39, 0.29) is 12.1 Å². The monoisotopic (exact) mass is 267 g/mol. The van der Waals surface area contributed by atoms with Gasteiger partial charge in [0.25, 0.3) is 0 Å². The average Bonchev–Trinajstić information content (AvgIpc) is 2.74. The van der Waals surface area contributed by atoms with Crippen molar-refractivity contribution in [3.8, 4) is 0 Å². The van der Waals surface area contributed by atoms with Gasteiger partial charge in [-0.15, -0.1) is 0 Å². The molecule has 0 amide bonds. The number of rotatable bonds is 5. The fourth-order valence-electron chi connectivity index (χ4n) is 2.64. The van der Waals surface area contributed by atoms with Crippen LogP contribution in [-0.2, 0) is 18.2 Å². The summed E-state index contributed by atoms with van der Waals surface area (Å²) in [5.74, 6) is 5.72. The van der Waals surface area contributed by atoms with E-state index >= 15 is 0 Å². The molecule has 0 bridgehead atoms. The Labute approximate surface area is 114 Å². The van der Waals surface area contributed by atoms with Crippen molar-refractivity contribution in [2.24, 2.45) is 12.9 Å². The molecule has 0 radical (unpaired) electrons. The Morgan fingerprint density at radius 2 is 2.42 bits per heavy atom. The molecule has 19 heavy (non-hydrogen) atoms. The minimum absolute atomic E-state index is 0.115. The van der Waals surface area contributed by atoms with Gasteiger partial charge in [0.15, 0.2) is 0 Å². The lowest BCUT2D eigenvalue weighted by Gasteiger charge is -2.36. The van der Waals surface area contributed by atoms with Crippen molar-refractivity contribution in [2.75, 3.05) is 26.2 Å². The standard InChI is InChI=1S/C13H25N5O/c1-4-18-5-6-19-13(9-18)12(15-14)8-11-7-10(2)16-17(11)3/h7,12-13,15H,4-6,8-9,14H2,1-3H3. The van der Waals surface area contributed by atoms with Crippen LogP contribution in [0.2, 0.25) is 0 Å². The maximum absolute atomic E-state index is 5.87. The Morgan fingerprint density at radius 3 is 3.00 bits per heavy atom. The molecule has 1 aromatic heterocycles. The summed E-state index contributed by atoms with van der Waals surface area (Å²) in [6.07, 6.45) is 0.963. The second kappa shape index (κ2) is 6.47. The predicted molar refractivity (Wildman–Crippen MR) is 74.6 cm³/mol. The topological polar surface area (TPSA) is 68.3 Å². The molecule has 0 spiro atoms. The summed E-state index contributed by atoms with van der Waals surface area (Å²) in [6.45, 7) is 7.96. The van der Waals surface area contributed by atoms with Crippen molar-refractivity contribution in [1.82, 2.24) is 20.1 Å². The molecule has 1 fully saturated rings. The Balaban J connectivity index is 2.01. The van der Waals surface area contributed by atoms with Crippen molar-refractivity contribution in [3.05, 3.63) is 17.5 Å². The van der Waals surface area contributed by atoms with Crippen molar-refractivity contribution in [2.45, 2.75) is 32.4 Å². The SMILES string of the molecule is CCN1CCOC(C(Cc2cc(C)nn2C)NN)C1. The van der Waals surface area contributed by atoms with Gasteiger partial charge < -0.3 is 4.74 Å². The van der Waals surface area contributed by atoms with Gasteiger partial charge in [-0.25, -0.2) is 0 Å². The number of morpholine rings is 1. The number of hydrogen-bond donors (Lipinski definition) is 2. The van der Waals surface area contributed by atoms with Crippen molar-refractivity contribution < 1.29 is 4.74 Å². The molecule has 0 saturated carbocycles. The average molecular weight is 267 g/mol. The van der Waals surface area contributed by atoms with E-state index in [1.165, 1.54) is 5.69 Å². The summed E-state index contributed by atoms with van der Waals surface area (Å²) in [7, 11) is 1.97. The Hall–Kier alpha value is -0.950. The van der Waals surface area contributed by atoms with Crippen LogP contribution in [0, 0.1) is 6.92 Å². The van der Waals surface area contributed by atoms with Gasteiger partial charge in [0.1, 0.15) is 0 Å². The lowest BCUT2D eigenvalue weighted by molar-refractivity contribution is -0.0450. The van der Waals surface area contributed by atoms with E-state index < -0.39 is 0 Å². The second-order valence-electron chi connectivity index (χ2n) is 5.18. The van der Waals surface area contributed by atoms with Gasteiger partial charge in [0, 0.05) is 32.3 Å². The molecule has 1 aromatic rings. The van der Waals surface area contributed by atoms with Crippen LogP contribution in [-0.4, -0.2) is 53.1 Å². The molecule has 2 heterocycles. The first kappa shape index (κ1) is 14.5. The van der Waals surface area contributed by atoms with Crippen LogP contribution >= 0.6 is 0 Å². The summed E-state index contributed by atoms with van der Waals surface area (Å²) in [6, 6.07) is 2.22. The fourth-order valence-corrected chi connectivity index (χ4v) is 2.64. The van der Waals surface area contributed by atoms with Crippen LogP contribution in [0.5, 0.6) is 0 Å². The van der Waals surface area contributed by atoms with E-state index in [9.17, 15) is 0 Å². The molecule has 2 rings (SSSR count). The third-order valence-electron chi connectivity index (χ3n) is 3.82. The number of nitrogens with one attached hydrogen (secondary N) is 1. The highest BCUT2D eigenvalue weighted by Gasteiger charge is 2.27. The Morgan fingerprint density at radius 1 is 1.63 bits per heavy atom. The van der Waals surface area contributed by atoms with Crippen molar-refractivity contribution >= 4 is 0 Å². The van der Waals surface area contributed by atoms with Crippen LogP contribution < -0.4 is 11.3 Å². The highest BCUT2D eigenvalue weighted by molar-refractivity contribution is 5.10. The molecule has 2 atom stereocenters. The molecule has 1 aliphatic heterocycles. The molecule has 1 saturated heterocycles. The number of aromatic nitrogens is 2. The number of nitrogens with two attached hydrogens (primary N) is 1. The van der Waals surface area contributed by atoms with Crippen LogP contribution in [0.1, 0.15) is 18.3 Å². The first-order valence-corrected chi connectivity index (χ1v) is 6.93. The summed E-state index contributed by atoms with van der Waals surface area (Å²) < 4.78 is 7.78. The van der Waals surface area contributed by atoms with Gasteiger partial charge in [-0.1, -0.05) is 6.92 Å². The maximum atomic E-state index is 5.87. The van der Waals surface area contributed by atoms with E-state index in [2.05, 4.69) is 28.4 Å². The molecule has 2 unspecified atom stereocenters. The molecule has 6 heteroatoms. The third-order valence-corrected chi connectivity index (χ3v) is 3.82. The first-order valence-electron chi connectivity index (χ1n) is 6.93. The zero-order valence-electron chi connectivity index (χ0n) is 12.1. The molecule has 3 N–H and O–H groups in total. The van der Waals surface area contributed by atoms with Crippen molar-refractivity contribution in [1.29, 1.82) is 0 Å². The van der Waals surface area contributed by atoms with Gasteiger partial charge >= 0.3 is 0 Å². The number of hydrogen-bond acceptors (Lipinski definition) is 5. The Kier molecular flexibility index (Phi) is 4.93. The third kappa shape index (κ3) is 3.54. The Bertz CT molecular complexity index is 406. The summed E-state index contributed by atoms with van der Waals surface area (Å²) >= 11 is 0. The van der Waals surface area contributed by atoms with E-state index in [4.69, 9.17) is 10.6 Å². The van der Waals surface area contributed by atoms with Crippen LogP contribution in [0.3, 0.4) is 0 Å². The second-order valence-corrected chi connectivity index (χ2v) is 5.18. The minimum Gasteiger partial charge on any atom is -0.374 e. The van der Waals surface area contributed by atoms with Gasteiger partial charge in [-0.2, -0.15) is 5.10 Å². The number of likely N-dealkylation sites (N-methyl/N-ethyl adjacent to an activating group) is 1. The lowest BCUT2D eigenvalue weighted by Crippen LogP contribution is -2.54. The molecule has 0 aromatic carbocycles. The zero-order chi connectivity index (χ0) is 13.8. The van der Waals surface area contributed by atoms with Gasteiger partial charge in [0.2, 0.25) is 0 Å². The van der Waals surface area contributed by atoms with Crippen LogP contribution in [0.25, 0.3) is 0 Å². The first-order chi connectivity index (χ1) is 9.13. The van der Waals surface area contributed by atoms with E-state index in [0.29, 0.717) is 0 Å². The number of nitrogens with zero attached hydrogens (tertiary/aromatic N) is 3. The minimum atomic E-state index is 0.115. The van der Waals surface area contributed by atoms with Crippen LogP contribution in [0.15, 0.2) is 6.07 Å². The molecule has 6 nitrogen and oxygen atoms in total. The zero-order valence-corrected chi connectivity index (χ0v) is 12.1. The quantitative estimate of drug-likeness (QED) is 0.572. The summed E-state index contributed by atoms with van der Waals surface area (Å²) in [5, 5.41) is 4.37. The van der Waals surface area contributed by atoms with Crippen LogP contribution in [0.4, 0.5) is 0 Å². The lowest BCUT2D eigenvalue weighted by atomic mass is 10.0. The van der Waals surface area contributed by atoms with Crippen molar-refractivity contribution in [3.63, 3.8) is 0 Å². The maximum Gasteiger partial charge on any atom is 0.0872 e. The highest BCUT2D eigenvalue weighted by atomic mass is 16.5. The van der Waals surface area contributed by atoms with E-state index in [0.717, 1.165) is 38.4 Å². The van der Waals surface area contributed by atoms with E-state index in [1.54, 1.807) is 0 Å². The number of aryl methyl sites for hydroxylation is 2. The smallest absolute Gasteiger partial charge is 0.0872 e. The van der Waals surface area contributed by atoms with Gasteiger partial charge in [-0.05, 0) is 19.5 Å². The normalized spacial score (nSPS) is 22.6. The molecular weight excluding hydrogens is 242 g/mol. The molecule has 1 aliphatic rings.